The van der Waals surface area contributed by atoms with Crippen molar-refractivity contribution in [3.63, 3.8) is 0 Å². The minimum Gasteiger partial charge on any atom is -0.456 e. The van der Waals surface area contributed by atoms with E-state index in [0.717, 1.165) is 0 Å². The van der Waals surface area contributed by atoms with E-state index in [4.69, 9.17) is 22.1 Å². The van der Waals surface area contributed by atoms with Crippen LogP contribution in [0.1, 0.15) is 0 Å². The predicted octanol–water partition coefficient (Wildman–Crippen LogP) is 4.32. The second-order valence-corrected chi connectivity index (χ2v) is 4.05. The summed E-state index contributed by atoms with van der Waals surface area (Å²) in [5.41, 5.74) is 6.09. The van der Waals surface area contributed by atoms with Gasteiger partial charge in [-0.05, 0) is 42.5 Å². The minimum absolute atomic E-state index is 0.0609. The van der Waals surface area contributed by atoms with Gasteiger partial charge in [0, 0.05) is 5.69 Å². The molecule has 2 aromatic carbocycles. The molecule has 0 aliphatic heterocycles. The molecule has 2 N–H and O–H groups in total. The quantitative estimate of drug-likeness (QED) is 0.851. The Hall–Kier alpha value is -2.01. The van der Waals surface area contributed by atoms with Gasteiger partial charge in [0.15, 0.2) is 0 Å². The Balaban J connectivity index is 2.10. The third-order valence-electron chi connectivity index (χ3n) is 2.23. The molecule has 0 heterocycles. The van der Waals surface area contributed by atoms with Crippen molar-refractivity contribution in [2.45, 2.75) is 6.61 Å². The lowest BCUT2D eigenvalue weighted by molar-refractivity contribution is -0.0498. The third-order valence-corrected chi connectivity index (χ3v) is 2.53. The van der Waals surface area contributed by atoms with Crippen molar-refractivity contribution < 1.29 is 18.3 Å². The molecule has 0 spiro atoms. The molecule has 0 aliphatic carbocycles. The number of ether oxygens (including phenoxy) is 2. The van der Waals surface area contributed by atoms with E-state index in [1.54, 1.807) is 18.2 Å². The topological polar surface area (TPSA) is 44.5 Å². The van der Waals surface area contributed by atoms with E-state index in [2.05, 4.69) is 4.74 Å². The molecule has 0 saturated heterocycles. The molecule has 0 saturated carbocycles. The van der Waals surface area contributed by atoms with Crippen LogP contribution in [0.25, 0.3) is 0 Å². The van der Waals surface area contributed by atoms with E-state index in [0.29, 0.717) is 22.2 Å². The van der Waals surface area contributed by atoms with Gasteiger partial charge in [-0.2, -0.15) is 8.78 Å². The van der Waals surface area contributed by atoms with Gasteiger partial charge in [-0.25, -0.2) is 0 Å². The number of rotatable bonds is 4. The Kier molecular flexibility index (Phi) is 4.06. The first-order valence-corrected chi connectivity index (χ1v) is 5.70. The van der Waals surface area contributed by atoms with Crippen LogP contribution in [0.2, 0.25) is 5.02 Å². The van der Waals surface area contributed by atoms with Gasteiger partial charge in [0.1, 0.15) is 17.2 Å². The number of anilines is 1. The van der Waals surface area contributed by atoms with Gasteiger partial charge in [0.2, 0.25) is 0 Å². The molecule has 0 atom stereocenters. The van der Waals surface area contributed by atoms with Crippen molar-refractivity contribution in [1.29, 1.82) is 0 Å². The van der Waals surface area contributed by atoms with Crippen LogP contribution in [-0.4, -0.2) is 6.61 Å². The van der Waals surface area contributed by atoms with Gasteiger partial charge in [0.25, 0.3) is 0 Å². The highest BCUT2D eigenvalue weighted by atomic mass is 35.5. The Morgan fingerprint density at radius 2 is 1.63 bits per heavy atom. The van der Waals surface area contributed by atoms with Crippen molar-refractivity contribution >= 4 is 17.3 Å². The molecule has 0 fully saturated rings. The molecule has 0 aliphatic rings. The summed E-state index contributed by atoms with van der Waals surface area (Å²) in [5, 5.41) is 0.368. The maximum absolute atomic E-state index is 12.0. The van der Waals surface area contributed by atoms with Crippen LogP contribution >= 0.6 is 11.6 Å². The molecule has 6 heteroatoms. The summed E-state index contributed by atoms with van der Waals surface area (Å²) < 4.78 is 33.7. The lowest BCUT2D eigenvalue weighted by Gasteiger charge is -2.09. The summed E-state index contributed by atoms with van der Waals surface area (Å²) in [6, 6.07) is 10.6. The normalized spacial score (nSPS) is 10.5. The lowest BCUT2D eigenvalue weighted by atomic mass is 10.3. The van der Waals surface area contributed by atoms with Crippen LogP contribution in [0.5, 0.6) is 17.2 Å². The number of halogens is 3. The first kappa shape index (κ1) is 13.4. The van der Waals surface area contributed by atoms with Crippen molar-refractivity contribution in [3.8, 4) is 17.2 Å². The Morgan fingerprint density at radius 3 is 2.21 bits per heavy atom. The standard InChI is InChI=1S/C13H10ClF2NO2/c14-11-7-8(17)1-6-12(11)18-9-2-4-10(5-3-9)19-13(15)16/h1-7,13H,17H2. The van der Waals surface area contributed by atoms with Crippen LogP contribution < -0.4 is 15.2 Å². The zero-order chi connectivity index (χ0) is 13.8. The molecule has 0 unspecified atom stereocenters. The Morgan fingerprint density at radius 1 is 1.00 bits per heavy atom. The molecular weight excluding hydrogens is 276 g/mol. The second-order valence-electron chi connectivity index (χ2n) is 3.64. The molecular formula is C13H10ClF2NO2. The van der Waals surface area contributed by atoms with Gasteiger partial charge in [-0.15, -0.1) is 0 Å². The number of nitrogens with two attached hydrogens (primary N) is 1. The third kappa shape index (κ3) is 3.72. The molecule has 0 radical (unpaired) electrons. The SMILES string of the molecule is Nc1ccc(Oc2ccc(OC(F)F)cc2)c(Cl)c1. The van der Waals surface area contributed by atoms with Crippen LogP contribution in [0.3, 0.4) is 0 Å². The zero-order valence-electron chi connectivity index (χ0n) is 9.65. The molecule has 0 bridgehead atoms. The Labute approximate surface area is 113 Å². The van der Waals surface area contributed by atoms with Crippen LogP contribution in [0.4, 0.5) is 14.5 Å². The Bertz CT molecular complexity index is 561. The smallest absolute Gasteiger partial charge is 0.387 e. The largest absolute Gasteiger partial charge is 0.456 e. The van der Waals surface area contributed by atoms with Crippen molar-refractivity contribution in [2.75, 3.05) is 5.73 Å². The molecule has 0 amide bonds. The predicted molar refractivity (Wildman–Crippen MR) is 69.0 cm³/mol. The molecule has 3 nitrogen and oxygen atoms in total. The van der Waals surface area contributed by atoms with Crippen LogP contribution in [0.15, 0.2) is 42.5 Å². The van der Waals surface area contributed by atoms with Gasteiger partial charge in [-0.1, -0.05) is 11.6 Å². The van der Waals surface area contributed by atoms with Gasteiger partial charge in [-0.3, -0.25) is 0 Å². The molecule has 2 rings (SSSR count). The maximum atomic E-state index is 12.0. The zero-order valence-corrected chi connectivity index (χ0v) is 10.4. The molecule has 0 aromatic heterocycles. The fraction of sp³-hybridized carbons (Fsp3) is 0.0769. The molecule has 19 heavy (non-hydrogen) atoms. The molecule has 100 valence electrons. The highest BCUT2D eigenvalue weighted by Crippen LogP contribution is 2.31. The van der Waals surface area contributed by atoms with Gasteiger partial charge < -0.3 is 15.2 Å². The number of hydrogen-bond acceptors (Lipinski definition) is 3. The number of benzene rings is 2. The van der Waals surface area contributed by atoms with E-state index in [1.165, 1.54) is 24.3 Å². The average Bonchev–Trinajstić information content (AvgIpc) is 2.34. The van der Waals surface area contributed by atoms with Crippen molar-refractivity contribution in [1.82, 2.24) is 0 Å². The van der Waals surface area contributed by atoms with Gasteiger partial charge >= 0.3 is 6.61 Å². The highest BCUT2D eigenvalue weighted by molar-refractivity contribution is 6.32. The van der Waals surface area contributed by atoms with E-state index in [9.17, 15) is 8.78 Å². The van der Waals surface area contributed by atoms with Crippen LogP contribution in [-0.2, 0) is 0 Å². The summed E-state index contributed by atoms with van der Waals surface area (Å²) in [6.45, 7) is -2.85. The van der Waals surface area contributed by atoms with E-state index < -0.39 is 6.61 Å². The van der Waals surface area contributed by atoms with Crippen LogP contribution in [0, 0.1) is 0 Å². The average molecular weight is 286 g/mol. The first-order valence-electron chi connectivity index (χ1n) is 5.32. The first-order chi connectivity index (χ1) is 9.04. The fourth-order valence-corrected chi connectivity index (χ4v) is 1.64. The summed E-state index contributed by atoms with van der Waals surface area (Å²) in [5.74, 6) is 0.942. The summed E-state index contributed by atoms with van der Waals surface area (Å²) in [4.78, 5) is 0. The maximum Gasteiger partial charge on any atom is 0.387 e. The minimum atomic E-state index is -2.85. The summed E-state index contributed by atoms with van der Waals surface area (Å²) >= 11 is 5.95. The van der Waals surface area contributed by atoms with E-state index in [1.807, 2.05) is 0 Å². The lowest BCUT2D eigenvalue weighted by Crippen LogP contribution is -2.01. The monoisotopic (exact) mass is 285 g/mol. The number of nitrogen functional groups attached to an aromatic ring is 1. The molecule has 2 aromatic rings. The van der Waals surface area contributed by atoms with Gasteiger partial charge in [0.05, 0.1) is 5.02 Å². The van der Waals surface area contributed by atoms with E-state index >= 15 is 0 Å². The fourth-order valence-electron chi connectivity index (χ4n) is 1.42. The summed E-state index contributed by atoms with van der Waals surface area (Å²) in [6.07, 6.45) is 0. The highest BCUT2D eigenvalue weighted by Gasteiger charge is 2.06. The number of hydrogen-bond donors (Lipinski definition) is 1. The van der Waals surface area contributed by atoms with Crippen molar-refractivity contribution in [3.05, 3.63) is 47.5 Å². The van der Waals surface area contributed by atoms with E-state index in [-0.39, 0.29) is 5.75 Å². The number of alkyl halides is 2. The summed E-state index contributed by atoms with van der Waals surface area (Å²) in [7, 11) is 0. The van der Waals surface area contributed by atoms with Crippen molar-refractivity contribution in [2.24, 2.45) is 0 Å². The second kappa shape index (κ2) is 5.75.